The molecule has 0 aliphatic heterocycles. The molecule has 96 valence electrons. The number of aromatic carboxylic acids is 1. The molecule has 0 amide bonds. The Labute approximate surface area is 111 Å². The Bertz CT molecular complexity index is 627. The zero-order valence-corrected chi connectivity index (χ0v) is 10.6. The summed E-state index contributed by atoms with van der Waals surface area (Å²) in [4.78, 5) is 19.6. The second-order valence-corrected chi connectivity index (χ2v) is 4.91. The third-order valence-corrected chi connectivity index (χ3v) is 3.64. The van der Waals surface area contributed by atoms with E-state index in [0.29, 0.717) is 5.69 Å². The van der Waals surface area contributed by atoms with Gasteiger partial charge in [0.1, 0.15) is 5.82 Å². The van der Waals surface area contributed by atoms with E-state index in [0.717, 1.165) is 18.7 Å². The lowest BCUT2D eigenvalue weighted by molar-refractivity contribution is 0.0695. The number of hydrogen-bond acceptors (Lipinski definition) is 3. The zero-order valence-electron chi connectivity index (χ0n) is 10.6. The van der Waals surface area contributed by atoms with E-state index < -0.39 is 5.97 Å². The molecule has 0 saturated heterocycles. The normalized spacial score (nSPS) is 14.4. The molecule has 4 nitrogen and oxygen atoms in total. The van der Waals surface area contributed by atoms with Gasteiger partial charge >= 0.3 is 5.97 Å². The second kappa shape index (κ2) is 4.46. The van der Waals surface area contributed by atoms with Crippen molar-refractivity contribution in [1.29, 1.82) is 0 Å². The van der Waals surface area contributed by atoms with Crippen molar-refractivity contribution in [2.24, 2.45) is 0 Å². The molecule has 0 bridgehead atoms. The predicted octanol–water partition coefficient (Wildman–Crippen LogP) is 2.37. The maximum Gasteiger partial charge on any atom is 0.339 e. The fraction of sp³-hybridized carbons (Fsp3) is 0.267. The molecular formula is C15H14N2O2. The average molecular weight is 254 g/mol. The van der Waals surface area contributed by atoms with Gasteiger partial charge in [0, 0.05) is 12.1 Å². The van der Waals surface area contributed by atoms with Gasteiger partial charge in [-0.1, -0.05) is 24.3 Å². The van der Waals surface area contributed by atoms with Crippen molar-refractivity contribution in [3.8, 4) is 0 Å². The topological polar surface area (TPSA) is 63.1 Å². The molecule has 0 unspecified atom stereocenters. The number of rotatable bonds is 2. The predicted molar refractivity (Wildman–Crippen MR) is 70.3 cm³/mol. The molecule has 1 aliphatic carbocycles. The van der Waals surface area contributed by atoms with E-state index in [4.69, 9.17) is 5.11 Å². The minimum Gasteiger partial charge on any atom is -0.478 e. The van der Waals surface area contributed by atoms with Crippen molar-refractivity contribution < 1.29 is 9.90 Å². The van der Waals surface area contributed by atoms with Crippen LogP contribution in [0.15, 0.2) is 30.5 Å². The molecule has 1 heterocycles. The smallest absolute Gasteiger partial charge is 0.339 e. The van der Waals surface area contributed by atoms with Crippen molar-refractivity contribution >= 4 is 5.97 Å². The van der Waals surface area contributed by atoms with Crippen LogP contribution in [0.25, 0.3) is 0 Å². The summed E-state index contributed by atoms with van der Waals surface area (Å²) in [6.45, 7) is 1.72. The summed E-state index contributed by atoms with van der Waals surface area (Å²) < 4.78 is 0. The summed E-state index contributed by atoms with van der Waals surface area (Å²) >= 11 is 0. The minimum absolute atomic E-state index is 0.180. The van der Waals surface area contributed by atoms with Gasteiger partial charge in [-0.05, 0) is 30.9 Å². The van der Waals surface area contributed by atoms with Gasteiger partial charge in [-0.15, -0.1) is 0 Å². The van der Waals surface area contributed by atoms with Gasteiger partial charge in [0.05, 0.1) is 11.3 Å². The number of carboxylic acid groups (broad SMARTS) is 1. The van der Waals surface area contributed by atoms with Crippen molar-refractivity contribution in [3.63, 3.8) is 0 Å². The monoisotopic (exact) mass is 254 g/mol. The van der Waals surface area contributed by atoms with Crippen LogP contribution in [0.4, 0.5) is 0 Å². The van der Waals surface area contributed by atoms with Crippen molar-refractivity contribution in [1.82, 2.24) is 9.97 Å². The van der Waals surface area contributed by atoms with Gasteiger partial charge in [0.15, 0.2) is 0 Å². The van der Waals surface area contributed by atoms with Crippen LogP contribution < -0.4 is 0 Å². The molecule has 2 aromatic rings. The van der Waals surface area contributed by atoms with Crippen LogP contribution in [-0.2, 0) is 12.8 Å². The molecule has 19 heavy (non-hydrogen) atoms. The molecule has 1 aromatic heterocycles. The Balaban J connectivity index is 1.90. The Morgan fingerprint density at radius 1 is 1.26 bits per heavy atom. The number of hydrogen-bond donors (Lipinski definition) is 1. The van der Waals surface area contributed by atoms with Gasteiger partial charge in [0.25, 0.3) is 0 Å². The summed E-state index contributed by atoms with van der Waals surface area (Å²) in [6, 6.07) is 8.35. The molecule has 1 N–H and O–H groups in total. The van der Waals surface area contributed by atoms with E-state index in [9.17, 15) is 4.79 Å². The van der Waals surface area contributed by atoms with Crippen LogP contribution >= 0.6 is 0 Å². The highest BCUT2D eigenvalue weighted by atomic mass is 16.4. The molecule has 0 radical (unpaired) electrons. The Hall–Kier alpha value is -2.23. The Kier molecular flexibility index (Phi) is 2.78. The summed E-state index contributed by atoms with van der Waals surface area (Å²) in [5, 5.41) is 8.98. The van der Waals surface area contributed by atoms with Gasteiger partial charge in [-0.2, -0.15) is 0 Å². The largest absolute Gasteiger partial charge is 0.478 e. The van der Waals surface area contributed by atoms with Crippen LogP contribution in [0, 0.1) is 6.92 Å². The molecule has 4 heteroatoms. The average Bonchev–Trinajstić information content (AvgIpc) is 2.81. The fourth-order valence-electron chi connectivity index (χ4n) is 2.63. The van der Waals surface area contributed by atoms with Crippen LogP contribution in [0.2, 0.25) is 0 Å². The van der Waals surface area contributed by atoms with E-state index in [1.165, 1.54) is 17.3 Å². The molecule has 0 spiro atoms. The highest BCUT2D eigenvalue weighted by Gasteiger charge is 2.25. The van der Waals surface area contributed by atoms with E-state index in [2.05, 4.69) is 22.1 Å². The molecule has 1 aromatic carbocycles. The lowest BCUT2D eigenvalue weighted by Crippen LogP contribution is -2.10. The number of carbonyl (C=O) groups is 1. The van der Waals surface area contributed by atoms with E-state index in [-0.39, 0.29) is 11.5 Å². The standard InChI is InChI=1S/C15H14N2O2/c1-9-13(15(18)19)8-16-14(17-9)12-6-10-4-2-3-5-11(10)7-12/h2-5,8,12H,6-7H2,1H3,(H,18,19). The van der Waals surface area contributed by atoms with Crippen LogP contribution in [0.1, 0.15) is 38.9 Å². The third kappa shape index (κ3) is 2.10. The van der Waals surface area contributed by atoms with E-state index >= 15 is 0 Å². The fourth-order valence-corrected chi connectivity index (χ4v) is 2.63. The van der Waals surface area contributed by atoms with Gasteiger partial charge in [-0.3, -0.25) is 0 Å². The summed E-state index contributed by atoms with van der Waals surface area (Å²) in [5.74, 6) is 0.0383. The van der Waals surface area contributed by atoms with Crippen LogP contribution in [-0.4, -0.2) is 21.0 Å². The molecule has 3 rings (SSSR count). The van der Waals surface area contributed by atoms with Crippen LogP contribution in [0.5, 0.6) is 0 Å². The van der Waals surface area contributed by atoms with Crippen molar-refractivity contribution in [2.75, 3.05) is 0 Å². The Morgan fingerprint density at radius 2 is 1.89 bits per heavy atom. The van der Waals surface area contributed by atoms with E-state index in [1.807, 2.05) is 12.1 Å². The number of fused-ring (bicyclic) bond motifs is 1. The first-order valence-electron chi connectivity index (χ1n) is 6.29. The van der Waals surface area contributed by atoms with E-state index in [1.54, 1.807) is 6.92 Å². The Morgan fingerprint density at radius 3 is 2.42 bits per heavy atom. The first-order valence-corrected chi connectivity index (χ1v) is 6.29. The summed E-state index contributed by atoms with van der Waals surface area (Å²) in [5.41, 5.74) is 3.40. The molecular weight excluding hydrogens is 240 g/mol. The number of aryl methyl sites for hydroxylation is 1. The lowest BCUT2D eigenvalue weighted by Gasteiger charge is -2.09. The zero-order chi connectivity index (χ0) is 13.4. The minimum atomic E-state index is -0.973. The third-order valence-electron chi connectivity index (χ3n) is 3.64. The van der Waals surface area contributed by atoms with Crippen LogP contribution in [0.3, 0.4) is 0 Å². The maximum absolute atomic E-state index is 11.0. The van der Waals surface area contributed by atoms with Crippen molar-refractivity contribution in [2.45, 2.75) is 25.7 Å². The molecule has 0 saturated carbocycles. The SMILES string of the molecule is Cc1nc(C2Cc3ccccc3C2)ncc1C(=O)O. The van der Waals surface area contributed by atoms with Gasteiger partial charge in [0.2, 0.25) is 0 Å². The second-order valence-electron chi connectivity index (χ2n) is 4.91. The highest BCUT2D eigenvalue weighted by Crippen LogP contribution is 2.32. The van der Waals surface area contributed by atoms with Gasteiger partial charge < -0.3 is 5.11 Å². The first-order chi connectivity index (χ1) is 9.15. The molecule has 0 fully saturated rings. The number of carboxylic acids is 1. The highest BCUT2D eigenvalue weighted by molar-refractivity contribution is 5.88. The summed E-state index contributed by atoms with van der Waals surface area (Å²) in [6.07, 6.45) is 3.28. The van der Waals surface area contributed by atoms with Crippen molar-refractivity contribution in [3.05, 3.63) is 58.7 Å². The maximum atomic E-state index is 11.0. The summed E-state index contributed by atoms with van der Waals surface area (Å²) in [7, 11) is 0. The molecule has 1 aliphatic rings. The quantitative estimate of drug-likeness (QED) is 0.893. The molecule has 0 atom stereocenters. The number of nitrogens with zero attached hydrogens (tertiary/aromatic N) is 2. The number of aromatic nitrogens is 2. The number of benzene rings is 1. The first kappa shape index (κ1) is 11.8. The van der Waals surface area contributed by atoms with Gasteiger partial charge in [-0.25, -0.2) is 14.8 Å². The lowest BCUT2D eigenvalue weighted by atomic mass is 10.1.